The Hall–Kier alpha value is -5.93. The lowest BCUT2D eigenvalue weighted by atomic mass is 9.76. The quantitative estimate of drug-likeness (QED) is 0.187. The summed E-state index contributed by atoms with van der Waals surface area (Å²) in [5.74, 6) is 0.782. The molecular formula is C47H36N2O. The minimum Gasteiger partial charge on any atom is -0.455 e. The maximum atomic E-state index is 6.64. The van der Waals surface area contributed by atoms with Gasteiger partial charge in [0.2, 0.25) is 0 Å². The molecule has 10 rings (SSSR count). The van der Waals surface area contributed by atoms with E-state index in [1.165, 1.54) is 55.1 Å². The van der Waals surface area contributed by atoms with Crippen molar-refractivity contribution in [3.8, 4) is 0 Å². The van der Waals surface area contributed by atoms with Crippen LogP contribution in [-0.2, 0) is 0 Å². The first-order valence-corrected chi connectivity index (χ1v) is 17.7. The fraction of sp³-hybridized carbons (Fsp3) is 0.128. The molecule has 0 N–H and O–H groups in total. The van der Waals surface area contributed by atoms with Gasteiger partial charge in [0.05, 0.1) is 16.7 Å². The van der Waals surface area contributed by atoms with Crippen molar-refractivity contribution in [1.29, 1.82) is 0 Å². The average Bonchev–Trinajstić information content (AvgIpc) is 3.72. The lowest BCUT2D eigenvalue weighted by Crippen LogP contribution is -2.25. The molecule has 3 nitrogen and oxygen atoms in total. The van der Waals surface area contributed by atoms with E-state index in [0.29, 0.717) is 5.92 Å². The predicted molar refractivity (Wildman–Crippen MR) is 211 cm³/mol. The van der Waals surface area contributed by atoms with Gasteiger partial charge in [-0.25, -0.2) is 0 Å². The van der Waals surface area contributed by atoms with Gasteiger partial charge in [-0.2, -0.15) is 0 Å². The molecule has 0 amide bonds. The van der Waals surface area contributed by atoms with Crippen LogP contribution in [0.3, 0.4) is 0 Å². The van der Waals surface area contributed by atoms with Gasteiger partial charge in [-0.1, -0.05) is 141 Å². The standard InChI is InChI=1S/C47H36N2O/c1-29-25-33(45-30(2)39(31-15-5-3-6-16-31)28-40(48-45)32-17-7-4-8-18-32)27-34(26-29)49-41-23-13-11-21-37(41)43-44-38-22-12-14-24-42(38)50-47(44)36-20-10-9-19-35(36)46(43)49/h3-24,26-30,39H,25H2,1-2H3. The van der Waals surface area contributed by atoms with Crippen LogP contribution in [0.25, 0.3) is 65.9 Å². The summed E-state index contributed by atoms with van der Waals surface area (Å²) < 4.78 is 9.15. The molecular weight excluding hydrogens is 609 g/mol. The zero-order valence-electron chi connectivity index (χ0n) is 28.2. The third-order valence-corrected chi connectivity index (χ3v) is 10.9. The van der Waals surface area contributed by atoms with E-state index in [1.54, 1.807) is 0 Å². The Morgan fingerprint density at radius 2 is 1.30 bits per heavy atom. The smallest absolute Gasteiger partial charge is 0.144 e. The number of rotatable bonds is 4. The molecule has 0 bridgehead atoms. The number of aliphatic imine (C=N–C) groups is 1. The van der Waals surface area contributed by atoms with Gasteiger partial charge < -0.3 is 8.98 Å². The minimum absolute atomic E-state index is 0.221. The molecule has 1 aliphatic carbocycles. The summed E-state index contributed by atoms with van der Waals surface area (Å²) in [6.07, 6.45) is 8.22. The highest BCUT2D eigenvalue weighted by Gasteiger charge is 2.31. The van der Waals surface area contributed by atoms with Gasteiger partial charge >= 0.3 is 0 Å². The number of hydrogen-bond acceptors (Lipinski definition) is 2. The van der Waals surface area contributed by atoms with Crippen LogP contribution in [0.2, 0.25) is 0 Å². The van der Waals surface area contributed by atoms with Crippen LogP contribution in [0.1, 0.15) is 37.3 Å². The molecule has 2 aliphatic rings. The van der Waals surface area contributed by atoms with E-state index in [1.807, 2.05) is 0 Å². The first-order chi connectivity index (χ1) is 24.6. The van der Waals surface area contributed by atoms with Crippen molar-refractivity contribution in [3.63, 3.8) is 0 Å². The first-order valence-electron chi connectivity index (χ1n) is 17.7. The molecule has 0 fully saturated rings. The van der Waals surface area contributed by atoms with Crippen LogP contribution in [0, 0.1) is 11.8 Å². The Labute approximate surface area is 291 Å². The maximum absolute atomic E-state index is 6.64. The van der Waals surface area contributed by atoms with Gasteiger partial charge in [0.25, 0.3) is 0 Å². The molecule has 3 atom stereocenters. The molecule has 8 aromatic rings. The number of para-hydroxylation sites is 2. The molecule has 6 aromatic carbocycles. The predicted octanol–water partition coefficient (Wildman–Crippen LogP) is 12.6. The van der Waals surface area contributed by atoms with Gasteiger partial charge in [0.15, 0.2) is 0 Å². The van der Waals surface area contributed by atoms with Crippen molar-refractivity contribution in [3.05, 3.63) is 168 Å². The van der Waals surface area contributed by atoms with Gasteiger partial charge in [-0.15, -0.1) is 0 Å². The van der Waals surface area contributed by atoms with Crippen LogP contribution in [0.5, 0.6) is 0 Å². The molecule has 2 aromatic heterocycles. The summed E-state index contributed by atoms with van der Waals surface area (Å²) in [4.78, 5) is 5.49. The summed E-state index contributed by atoms with van der Waals surface area (Å²) >= 11 is 0. The molecule has 1 aliphatic heterocycles. The lowest BCUT2D eigenvalue weighted by molar-refractivity contribution is 0.655. The van der Waals surface area contributed by atoms with Crippen LogP contribution in [0.4, 0.5) is 0 Å². The highest BCUT2D eigenvalue weighted by atomic mass is 16.3. The summed E-state index contributed by atoms with van der Waals surface area (Å²) in [7, 11) is 0. The van der Waals surface area contributed by atoms with E-state index in [0.717, 1.165) is 39.6 Å². The molecule has 240 valence electrons. The monoisotopic (exact) mass is 644 g/mol. The molecule has 50 heavy (non-hydrogen) atoms. The number of hydrogen-bond donors (Lipinski definition) is 0. The van der Waals surface area contributed by atoms with E-state index < -0.39 is 0 Å². The lowest BCUT2D eigenvalue weighted by Gasteiger charge is -2.32. The number of allylic oxidation sites excluding steroid dienone is 5. The van der Waals surface area contributed by atoms with Crippen molar-refractivity contribution in [2.45, 2.75) is 26.2 Å². The summed E-state index contributed by atoms with van der Waals surface area (Å²) in [6, 6.07) is 47.6. The van der Waals surface area contributed by atoms with E-state index in [-0.39, 0.29) is 11.8 Å². The fourth-order valence-corrected chi connectivity index (χ4v) is 8.64. The number of nitrogens with zero attached hydrogens (tertiary/aromatic N) is 2. The Morgan fingerprint density at radius 3 is 2.10 bits per heavy atom. The second kappa shape index (κ2) is 11.3. The molecule has 0 spiro atoms. The highest BCUT2D eigenvalue weighted by molar-refractivity contribution is 6.36. The molecule has 3 heterocycles. The van der Waals surface area contributed by atoms with Crippen LogP contribution in [0.15, 0.2) is 167 Å². The topological polar surface area (TPSA) is 30.4 Å². The third-order valence-electron chi connectivity index (χ3n) is 10.9. The summed E-state index contributed by atoms with van der Waals surface area (Å²) in [5.41, 5.74) is 11.5. The Kier molecular flexibility index (Phi) is 6.57. The molecule has 3 heteroatoms. The minimum atomic E-state index is 0.221. The van der Waals surface area contributed by atoms with E-state index in [9.17, 15) is 0 Å². The first kappa shape index (κ1) is 29.0. The second-order valence-corrected chi connectivity index (χ2v) is 14.0. The van der Waals surface area contributed by atoms with Gasteiger partial charge in [-0.05, 0) is 53.3 Å². The van der Waals surface area contributed by atoms with Crippen molar-refractivity contribution < 1.29 is 4.42 Å². The van der Waals surface area contributed by atoms with Crippen molar-refractivity contribution >= 4 is 71.6 Å². The molecule has 3 unspecified atom stereocenters. The second-order valence-electron chi connectivity index (χ2n) is 14.0. The number of benzene rings is 6. The third kappa shape index (κ3) is 4.39. The molecule has 0 saturated carbocycles. The number of furan rings is 1. The zero-order chi connectivity index (χ0) is 33.3. The Balaban J connectivity index is 1.24. The van der Waals surface area contributed by atoms with Gasteiger partial charge in [0, 0.05) is 55.6 Å². The van der Waals surface area contributed by atoms with Crippen LogP contribution >= 0.6 is 0 Å². The number of aromatic nitrogens is 1. The Bertz CT molecular complexity index is 2760. The largest absolute Gasteiger partial charge is 0.455 e. The van der Waals surface area contributed by atoms with E-state index in [4.69, 9.17) is 9.41 Å². The van der Waals surface area contributed by atoms with Gasteiger partial charge in [-0.3, -0.25) is 4.99 Å². The summed E-state index contributed by atoms with van der Waals surface area (Å²) in [5, 5.41) is 7.15. The highest BCUT2D eigenvalue weighted by Crippen LogP contribution is 2.47. The van der Waals surface area contributed by atoms with Crippen LogP contribution in [-0.4, -0.2) is 10.3 Å². The number of fused-ring (bicyclic) bond motifs is 10. The molecule has 0 saturated heterocycles. The van der Waals surface area contributed by atoms with Crippen molar-refractivity contribution in [1.82, 2.24) is 4.57 Å². The van der Waals surface area contributed by atoms with Crippen LogP contribution < -0.4 is 0 Å². The van der Waals surface area contributed by atoms with E-state index >= 15 is 0 Å². The molecule has 0 radical (unpaired) electrons. The summed E-state index contributed by atoms with van der Waals surface area (Å²) in [6.45, 7) is 4.70. The van der Waals surface area contributed by atoms with Crippen molar-refractivity contribution in [2.24, 2.45) is 16.8 Å². The van der Waals surface area contributed by atoms with Crippen molar-refractivity contribution in [2.75, 3.05) is 0 Å². The van der Waals surface area contributed by atoms with Gasteiger partial charge in [0.1, 0.15) is 11.2 Å². The average molecular weight is 645 g/mol. The van der Waals surface area contributed by atoms with E-state index in [2.05, 4.69) is 170 Å². The maximum Gasteiger partial charge on any atom is 0.144 e. The fourth-order valence-electron chi connectivity index (χ4n) is 8.64. The SMILES string of the molecule is CC1C=C(n2c3ccccc3c3c4c5ccccc5oc4c4ccccc4c32)C=C(C2=NC(c3ccccc3)=CC(c3ccccc3)C2C)C1. The normalized spacial score (nSPS) is 19.6. The Morgan fingerprint density at radius 1 is 0.640 bits per heavy atom. The zero-order valence-corrected chi connectivity index (χ0v) is 28.2.